The third-order valence-corrected chi connectivity index (χ3v) is 4.70. The monoisotopic (exact) mass is 439 g/mol. The summed E-state index contributed by atoms with van der Waals surface area (Å²) in [5.41, 5.74) is 0.412. The molecule has 0 radical (unpaired) electrons. The molecule has 0 saturated heterocycles. The number of H-pyrrole nitrogens is 1. The summed E-state index contributed by atoms with van der Waals surface area (Å²) >= 11 is 0. The number of hydrogen-bond acceptors (Lipinski definition) is 5. The summed E-state index contributed by atoms with van der Waals surface area (Å²) in [5, 5.41) is 3.41. The van der Waals surface area contributed by atoms with Crippen LogP contribution in [0.3, 0.4) is 0 Å². The number of nitrogens with one attached hydrogen (secondary N) is 2. The van der Waals surface area contributed by atoms with Gasteiger partial charge < -0.3 is 15.0 Å². The van der Waals surface area contributed by atoms with Gasteiger partial charge in [-0.25, -0.2) is 9.78 Å². The summed E-state index contributed by atoms with van der Waals surface area (Å²) in [6.45, 7) is -0.501. The molecule has 0 unspecified atom stereocenters. The molecule has 162 valence electrons. The highest BCUT2D eigenvalue weighted by molar-refractivity contribution is 6.09. The van der Waals surface area contributed by atoms with Gasteiger partial charge in [0.1, 0.15) is 11.4 Å². The summed E-state index contributed by atoms with van der Waals surface area (Å²) < 4.78 is 44.0. The summed E-state index contributed by atoms with van der Waals surface area (Å²) in [6, 6.07) is 14.6. The molecule has 0 bridgehead atoms. The third-order valence-electron chi connectivity index (χ3n) is 4.70. The molecular formula is C23H16F3N3O3. The molecule has 0 saturated carbocycles. The van der Waals surface area contributed by atoms with Crippen LogP contribution in [0.25, 0.3) is 10.9 Å². The number of carbonyl (C=O) groups is 2. The lowest BCUT2D eigenvalue weighted by Gasteiger charge is -2.12. The van der Waals surface area contributed by atoms with Crippen molar-refractivity contribution < 1.29 is 27.5 Å². The number of esters is 1. The fraction of sp³-hybridized carbons (Fsp3) is 0.0870. The van der Waals surface area contributed by atoms with Crippen LogP contribution >= 0.6 is 0 Å². The molecule has 32 heavy (non-hydrogen) atoms. The Labute approximate surface area is 180 Å². The number of para-hydroxylation sites is 1. The fourth-order valence-corrected chi connectivity index (χ4v) is 3.17. The molecule has 0 fully saturated rings. The largest absolute Gasteiger partial charge is 0.454 e. The average Bonchev–Trinajstić information content (AvgIpc) is 3.21. The lowest BCUT2D eigenvalue weighted by molar-refractivity contribution is -0.137. The molecule has 4 aromatic rings. The van der Waals surface area contributed by atoms with Crippen LogP contribution in [-0.2, 0) is 10.9 Å². The number of halogens is 3. The van der Waals surface area contributed by atoms with Crippen LogP contribution in [0.15, 0.2) is 73.1 Å². The van der Waals surface area contributed by atoms with Gasteiger partial charge in [-0.1, -0.05) is 24.3 Å². The molecule has 0 aliphatic carbocycles. The van der Waals surface area contributed by atoms with E-state index in [0.29, 0.717) is 10.9 Å². The number of nitrogens with zero attached hydrogens (tertiary/aromatic N) is 1. The predicted octanol–water partition coefficient (Wildman–Crippen LogP) is 5.37. The minimum absolute atomic E-state index is 0.0105. The van der Waals surface area contributed by atoms with Crippen LogP contribution in [-0.4, -0.2) is 28.3 Å². The predicted molar refractivity (Wildman–Crippen MR) is 112 cm³/mol. The zero-order valence-corrected chi connectivity index (χ0v) is 16.4. The first-order valence-corrected chi connectivity index (χ1v) is 9.48. The van der Waals surface area contributed by atoms with E-state index < -0.39 is 30.1 Å². The number of rotatable bonds is 6. The molecular weight excluding hydrogens is 423 g/mol. The minimum Gasteiger partial charge on any atom is -0.454 e. The van der Waals surface area contributed by atoms with Gasteiger partial charge in [-0.05, 0) is 36.4 Å². The van der Waals surface area contributed by atoms with Gasteiger partial charge in [0.05, 0.1) is 5.56 Å². The van der Waals surface area contributed by atoms with Crippen molar-refractivity contribution in [2.24, 2.45) is 0 Å². The summed E-state index contributed by atoms with van der Waals surface area (Å²) in [7, 11) is 0. The van der Waals surface area contributed by atoms with Crippen LogP contribution in [0.2, 0.25) is 0 Å². The third kappa shape index (κ3) is 4.46. The van der Waals surface area contributed by atoms with E-state index in [0.717, 1.165) is 17.6 Å². The van der Waals surface area contributed by atoms with Crippen molar-refractivity contribution in [1.82, 2.24) is 9.97 Å². The van der Waals surface area contributed by atoms with Gasteiger partial charge in [0, 0.05) is 34.5 Å². The molecule has 0 spiro atoms. The van der Waals surface area contributed by atoms with Gasteiger partial charge in [0.15, 0.2) is 6.61 Å². The molecule has 2 N–H and O–H groups in total. The van der Waals surface area contributed by atoms with E-state index >= 15 is 0 Å². The van der Waals surface area contributed by atoms with Crippen LogP contribution < -0.4 is 5.32 Å². The molecule has 0 aliphatic rings. The SMILES string of the molecule is O=C(OCC(=O)c1c[nH]c2ccccc12)c1cccnc1Nc1cccc(C(F)(F)F)c1. The van der Waals surface area contributed by atoms with Crippen molar-refractivity contribution in [3.63, 3.8) is 0 Å². The number of benzene rings is 2. The molecule has 2 aromatic heterocycles. The number of ether oxygens (including phenoxy) is 1. The first kappa shape index (κ1) is 21.1. The first-order chi connectivity index (χ1) is 15.3. The molecule has 2 aromatic carbocycles. The lowest BCUT2D eigenvalue weighted by atomic mass is 10.1. The number of ketones is 1. The number of fused-ring (bicyclic) bond motifs is 1. The molecule has 0 amide bonds. The van der Waals surface area contributed by atoms with Crippen molar-refractivity contribution in [1.29, 1.82) is 0 Å². The second kappa shape index (κ2) is 8.54. The molecule has 4 rings (SSSR count). The topological polar surface area (TPSA) is 84.1 Å². The van der Waals surface area contributed by atoms with Crippen molar-refractivity contribution >= 4 is 34.2 Å². The number of aromatic nitrogens is 2. The maximum Gasteiger partial charge on any atom is 0.416 e. The number of pyridine rings is 1. The zero-order chi connectivity index (χ0) is 22.7. The Kier molecular flexibility index (Phi) is 5.63. The van der Waals surface area contributed by atoms with Crippen LogP contribution in [0.4, 0.5) is 24.7 Å². The van der Waals surface area contributed by atoms with Crippen molar-refractivity contribution in [3.05, 3.63) is 89.7 Å². The Balaban J connectivity index is 1.49. The van der Waals surface area contributed by atoms with Crippen molar-refractivity contribution in [3.8, 4) is 0 Å². The van der Waals surface area contributed by atoms with Crippen molar-refractivity contribution in [2.75, 3.05) is 11.9 Å². The summed E-state index contributed by atoms with van der Waals surface area (Å²) in [6.07, 6.45) is -1.58. The number of carbonyl (C=O) groups excluding carboxylic acids is 2. The van der Waals surface area contributed by atoms with Gasteiger partial charge in [0.25, 0.3) is 0 Å². The van der Waals surface area contributed by atoms with E-state index in [9.17, 15) is 22.8 Å². The van der Waals surface area contributed by atoms with E-state index in [1.165, 1.54) is 30.5 Å². The second-order valence-electron chi connectivity index (χ2n) is 6.85. The van der Waals surface area contributed by atoms with Gasteiger partial charge >= 0.3 is 12.1 Å². The standard InChI is InChI=1S/C23H16F3N3O3/c24-23(25,26)14-5-3-6-15(11-14)29-21-17(8-4-10-27-21)22(31)32-13-20(30)18-12-28-19-9-2-1-7-16(18)19/h1-12,28H,13H2,(H,27,29). The van der Waals surface area contributed by atoms with E-state index in [2.05, 4.69) is 15.3 Å². The van der Waals surface area contributed by atoms with E-state index in [1.54, 1.807) is 18.3 Å². The average molecular weight is 439 g/mol. The highest BCUT2D eigenvalue weighted by Gasteiger charge is 2.30. The lowest BCUT2D eigenvalue weighted by Crippen LogP contribution is -2.15. The van der Waals surface area contributed by atoms with E-state index in [1.807, 2.05) is 12.1 Å². The highest BCUT2D eigenvalue weighted by Crippen LogP contribution is 2.31. The minimum atomic E-state index is -4.51. The molecule has 0 aliphatic heterocycles. The summed E-state index contributed by atoms with van der Waals surface area (Å²) in [5.74, 6) is -1.22. The van der Waals surface area contributed by atoms with E-state index in [4.69, 9.17) is 4.74 Å². The highest BCUT2D eigenvalue weighted by atomic mass is 19.4. The number of alkyl halides is 3. The maximum atomic E-state index is 13.0. The quantitative estimate of drug-likeness (QED) is 0.312. The van der Waals surface area contributed by atoms with Gasteiger partial charge in [-0.15, -0.1) is 0 Å². The Morgan fingerprint density at radius 1 is 1.00 bits per heavy atom. The van der Waals surface area contributed by atoms with Gasteiger partial charge in [-0.2, -0.15) is 13.2 Å². The smallest absolute Gasteiger partial charge is 0.416 e. The van der Waals surface area contributed by atoms with Crippen LogP contribution in [0, 0.1) is 0 Å². The Bertz CT molecular complexity index is 1300. The summed E-state index contributed by atoms with van der Waals surface area (Å²) in [4.78, 5) is 32.1. The Morgan fingerprint density at radius 3 is 2.62 bits per heavy atom. The normalized spacial score (nSPS) is 11.3. The Hall–Kier alpha value is -4.14. The van der Waals surface area contributed by atoms with Crippen LogP contribution in [0.1, 0.15) is 26.3 Å². The van der Waals surface area contributed by atoms with Gasteiger partial charge in [0.2, 0.25) is 5.78 Å². The van der Waals surface area contributed by atoms with E-state index in [-0.39, 0.29) is 17.1 Å². The number of anilines is 2. The number of aromatic amines is 1. The van der Waals surface area contributed by atoms with Crippen molar-refractivity contribution in [2.45, 2.75) is 6.18 Å². The molecule has 0 atom stereocenters. The first-order valence-electron chi connectivity index (χ1n) is 9.48. The molecule has 9 heteroatoms. The number of Topliss-reactive ketones (excluding diaryl/α,β-unsaturated/α-hetero) is 1. The van der Waals surface area contributed by atoms with Crippen LogP contribution in [0.5, 0.6) is 0 Å². The number of hydrogen-bond donors (Lipinski definition) is 2. The fourth-order valence-electron chi connectivity index (χ4n) is 3.17. The molecule has 2 heterocycles. The molecule has 6 nitrogen and oxygen atoms in total. The zero-order valence-electron chi connectivity index (χ0n) is 16.4. The Morgan fingerprint density at radius 2 is 1.81 bits per heavy atom. The van der Waals surface area contributed by atoms with Gasteiger partial charge in [-0.3, -0.25) is 4.79 Å². The maximum absolute atomic E-state index is 13.0. The second-order valence-corrected chi connectivity index (χ2v) is 6.85.